The maximum absolute atomic E-state index is 10.9. The highest BCUT2D eigenvalue weighted by Gasteiger charge is 2.26. The fraction of sp³-hybridized carbons (Fsp3) is 0.375. The summed E-state index contributed by atoms with van der Waals surface area (Å²) in [6.45, 7) is 4.32. The summed E-state index contributed by atoms with van der Waals surface area (Å²) in [5.41, 5.74) is 2.87. The van der Waals surface area contributed by atoms with Crippen molar-refractivity contribution in [2.45, 2.75) is 26.7 Å². The Hall–Kier alpha value is -1.99. The third-order valence-corrected chi connectivity index (χ3v) is 3.21. The number of anilines is 1. The lowest BCUT2D eigenvalue weighted by Crippen LogP contribution is -2.20. The van der Waals surface area contributed by atoms with Gasteiger partial charge in [0.2, 0.25) is 0 Å². The van der Waals surface area contributed by atoms with Gasteiger partial charge in [0.1, 0.15) is 11.7 Å². The number of benzene rings is 1. The molecule has 0 bridgehead atoms. The fourth-order valence-corrected chi connectivity index (χ4v) is 2.41. The van der Waals surface area contributed by atoms with Crippen LogP contribution in [0.25, 0.3) is 0 Å². The smallest absolute Gasteiger partial charge is 0.128 e. The topological polar surface area (TPSA) is 38.3 Å². The summed E-state index contributed by atoms with van der Waals surface area (Å²) >= 11 is 0. The molecule has 0 aromatic heterocycles. The number of rotatable bonds is 3. The van der Waals surface area contributed by atoms with E-state index in [1.54, 1.807) is 7.11 Å². The highest BCUT2D eigenvalue weighted by molar-refractivity contribution is 5.61. The highest BCUT2D eigenvalue weighted by atomic mass is 16.5. The molecule has 0 heterocycles. The lowest BCUT2D eigenvalue weighted by molar-refractivity contribution is 0.353. The molecule has 0 radical (unpaired) electrons. The lowest BCUT2D eigenvalue weighted by atomic mass is 9.77. The van der Waals surface area contributed by atoms with E-state index in [9.17, 15) is 4.79 Å². The van der Waals surface area contributed by atoms with Gasteiger partial charge in [0.05, 0.1) is 7.11 Å². The average Bonchev–Trinajstić information content (AvgIpc) is 2.37. The second-order valence-electron chi connectivity index (χ2n) is 5.67. The molecule has 1 aromatic rings. The Labute approximate surface area is 114 Å². The third kappa shape index (κ3) is 3.49. The Morgan fingerprint density at radius 3 is 2.47 bits per heavy atom. The monoisotopic (exact) mass is 257 g/mol. The van der Waals surface area contributed by atoms with Gasteiger partial charge >= 0.3 is 0 Å². The van der Waals surface area contributed by atoms with E-state index in [-0.39, 0.29) is 5.41 Å². The quantitative estimate of drug-likeness (QED) is 0.841. The maximum Gasteiger partial charge on any atom is 0.128 e. The number of hydrogen-bond acceptors (Lipinski definition) is 3. The lowest BCUT2D eigenvalue weighted by Gasteiger charge is -2.30. The summed E-state index contributed by atoms with van der Waals surface area (Å²) in [7, 11) is 1.65. The van der Waals surface area contributed by atoms with E-state index in [0.29, 0.717) is 0 Å². The predicted octanol–water partition coefficient (Wildman–Crippen LogP) is 3.57. The number of hydrogen-bond donors (Lipinski definition) is 1. The molecule has 3 heteroatoms. The Morgan fingerprint density at radius 2 is 1.89 bits per heavy atom. The van der Waals surface area contributed by atoms with Gasteiger partial charge in [-0.1, -0.05) is 13.8 Å². The summed E-state index contributed by atoms with van der Waals surface area (Å²) in [4.78, 5) is 10.9. The molecule has 100 valence electrons. The summed E-state index contributed by atoms with van der Waals surface area (Å²) in [5.74, 6) is 2.85. The van der Waals surface area contributed by atoms with Gasteiger partial charge in [-0.2, -0.15) is 0 Å². The molecule has 0 saturated carbocycles. The number of ether oxygens (including phenoxy) is 1. The fourth-order valence-electron chi connectivity index (χ4n) is 2.41. The van der Waals surface area contributed by atoms with Crippen LogP contribution in [0.2, 0.25) is 0 Å². The van der Waals surface area contributed by atoms with Crippen LogP contribution in [0.15, 0.2) is 41.6 Å². The van der Waals surface area contributed by atoms with Gasteiger partial charge in [-0.05, 0) is 48.6 Å². The molecule has 0 aliphatic heterocycles. The first-order valence-corrected chi connectivity index (χ1v) is 6.38. The molecular formula is C16H19NO2. The number of nitrogens with one attached hydrogen (secondary N) is 1. The zero-order valence-electron chi connectivity index (χ0n) is 11.6. The molecule has 0 spiro atoms. The molecule has 1 aliphatic carbocycles. The van der Waals surface area contributed by atoms with E-state index in [4.69, 9.17) is 4.74 Å². The average molecular weight is 257 g/mol. The van der Waals surface area contributed by atoms with E-state index >= 15 is 0 Å². The van der Waals surface area contributed by atoms with Crippen LogP contribution in [0, 0.1) is 5.41 Å². The van der Waals surface area contributed by atoms with Crippen LogP contribution in [0.5, 0.6) is 5.75 Å². The Morgan fingerprint density at radius 1 is 1.21 bits per heavy atom. The minimum Gasteiger partial charge on any atom is -0.497 e. The first-order chi connectivity index (χ1) is 9.02. The van der Waals surface area contributed by atoms with E-state index in [1.165, 1.54) is 0 Å². The molecule has 0 atom stereocenters. The summed E-state index contributed by atoms with van der Waals surface area (Å²) in [6.07, 6.45) is 3.61. The minimum atomic E-state index is 0.0935. The molecule has 0 saturated heterocycles. The number of methoxy groups -OCH3 is 1. The van der Waals surface area contributed by atoms with Gasteiger partial charge < -0.3 is 10.1 Å². The van der Waals surface area contributed by atoms with Gasteiger partial charge in [0, 0.05) is 17.0 Å². The maximum atomic E-state index is 10.9. The van der Waals surface area contributed by atoms with Crippen LogP contribution in [-0.2, 0) is 4.79 Å². The van der Waals surface area contributed by atoms with E-state index < -0.39 is 0 Å². The normalized spacial score (nSPS) is 17.4. The first-order valence-electron chi connectivity index (χ1n) is 6.38. The molecule has 1 aliphatic rings. The standard InChI is InChI=1S/C16H19NO2/c1-16(2)9-12(11-18)8-14(10-16)17-13-4-6-15(19-3)7-5-13/h4-8,17H,9-10H2,1-3H3. The van der Waals surface area contributed by atoms with Crippen LogP contribution >= 0.6 is 0 Å². The van der Waals surface area contributed by atoms with Crippen molar-refractivity contribution in [3.05, 3.63) is 41.6 Å². The van der Waals surface area contributed by atoms with Crippen molar-refractivity contribution in [1.29, 1.82) is 0 Å². The van der Waals surface area contributed by atoms with Gasteiger partial charge in [-0.3, -0.25) is 0 Å². The van der Waals surface area contributed by atoms with Crippen molar-refractivity contribution in [3.63, 3.8) is 0 Å². The van der Waals surface area contributed by atoms with Crippen LogP contribution in [-0.4, -0.2) is 13.1 Å². The summed E-state index contributed by atoms with van der Waals surface area (Å²) < 4.78 is 5.13. The third-order valence-electron chi connectivity index (χ3n) is 3.21. The van der Waals surface area contributed by atoms with Crippen molar-refractivity contribution in [2.75, 3.05) is 12.4 Å². The molecule has 0 unspecified atom stereocenters. The minimum absolute atomic E-state index is 0.0935. The summed E-state index contributed by atoms with van der Waals surface area (Å²) in [6, 6.07) is 7.75. The second kappa shape index (κ2) is 5.33. The zero-order valence-corrected chi connectivity index (χ0v) is 11.6. The Bertz CT molecular complexity index is 534. The van der Waals surface area contributed by atoms with Crippen molar-refractivity contribution in [2.24, 2.45) is 5.41 Å². The predicted molar refractivity (Wildman–Crippen MR) is 76.9 cm³/mol. The van der Waals surface area contributed by atoms with Crippen LogP contribution in [0.4, 0.5) is 5.69 Å². The number of allylic oxidation sites excluding steroid dienone is 3. The molecule has 0 fully saturated rings. The molecule has 0 amide bonds. The Balaban J connectivity index is 2.17. The highest BCUT2D eigenvalue weighted by Crippen LogP contribution is 2.37. The van der Waals surface area contributed by atoms with Gasteiger partial charge in [-0.15, -0.1) is 0 Å². The Kier molecular flexibility index (Phi) is 3.77. The summed E-state index contributed by atoms with van der Waals surface area (Å²) in [5, 5.41) is 3.36. The van der Waals surface area contributed by atoms with Crippen LogP contribution in [0.1, 0.15) is 26.7 Å². The second-order valence-corrected chi connectivity index (χ2v) is 5.67. The van der Waals surface area contributed by atoms with Crippen molar-refractivity contribution in [3.8, 4) is 5.75 Å². The SMILES string of the molecule is COc1ccc(NC2=CC(=C=O)CC(C)(C)C2)cc1. The molecule has 2 rings (SSSR count). The van der Waals surface area contributed by atoms with Gasteiger partial charge in [0.25, 0.3) is 0 Å². The molecule has 19 heavy (non-hydrogen) atoms. The zero-order chi connectivity index (χ0) is 13.9. The van der Waals surface area contributed by atoms with Gasteiger partial charge in [-0.25, -0.2) is 4.79 Å². The van der Waals surface area contributed by atoms with Crippen molar-refractivity contribution in [1.82, 2.24) is 0 Å². The van der Waals surface area contributed by atoms with E-state index in [0.717, 1.165) is 35.5 Å². The van der Waals surface area contributed by atoms with Crippen molar-refractivity contribution >= 4 is 11.6 Å². The molecule has 1 N–H and O–H groups in total. The van der Waals surface area contributed by atoms with E-state index in [1.807, 2.05) is 36.3 Å². The molecule has 1 aromatic carbocycles. The molecule has 3 nitrogen and oxygen atoms in total. The first kappa shape index (κ1) is 13.4. The molecular weight excluding hydrogens is 238 g/mol. The van der Waals surface area contributed by atoms with Crippen molar-refractivity contribution < 1.29 is 9.53 Å². The van der Waals surface area contributed by atoms with Crippen LogP contribution < -0.4 is 10.1 Å². The van der Waals surface area contributed by atoms with E-state index in [2.05, 4.69) is 19.2 Å². The number of carbonyl (C=O) groups excluding carboxylic acids is 1. The van der Waals surface area contributed by atoms with Gasteiger partial charge in [0.15, 0.2) is 0 Å². The van der Waals surface area contributed by atoms with Crippen LogP contribution in [0.3, 0.4) is 0 Å². The largest absolute Gasteiger partial charge is 0.497 e.